The Balaban J connectivity index is 2.12. The normalized spacial score (nSPS) is 10.9. The fraction of sp³-hybridized carbons (Fsp3) is 0.222. The Labute approximate surface area is 158 Å². The van der Waals surface area contributed by atoms with Gasteiger partial charge in [0.15, 0.2) is 0 Å². The fourth-order valence-corrected chi connectivity index (χ4v) is 3.33. The summed E-state index contributed by atoms with van der Waals surface area (Å²) in [6.45, 7) is 7.33. The van der Waals surface area contributed by atoms with E-state index in [4.69, 9.17) is 20.1 Å². The number of nitrogens with one attached hydrogen (secondary N) is 1. The Hall–Kier alpha value is -3.07. The van der Waals surface area contributed by atoms with Crippen LogP contribution in [0.15, 0.2) is 52.5 Å². The number of nitrogens with zero attached hydrogens (tertiary/aromatic N) is 2. The second kappa shape index (κ2) is 8.54. The van der Waals surface area contributed by atoms with E-state index in [1.807, 2.05) is 0 Å². The summed E-state index contributed by atoms with van der Waals surface area (Å²) in [5.41, 5.74) is 6.93. The Kier molecular flexibility index (Phi) is 6.40. The summed E-state index contributed by atoms with van der Waals surface area (Å²) >= 11 is 0. The highest BCUT2D eigenvalue weighted by Gasteiger charge is 2.17. The van der Waals surface area contributed by atoms with Gasteiger partial charge in [-0.3, -0.25) is 5.41 Å². The van der Waals surface area contributed by atoms with Crippen molar-refractivity contribution in [3.05, 3.63) is 53.6 Å². The van der Waals surface area contributed by atoms with Crippen LogP contribution in [-0.2, 0) is 10.1 Å². The number of aryl methyl sites for hydroxylation is 2. The topological polar surface area (TPSA) is 118 Å². The molecule has 0 unspecified atom stereocenters. The standard InChI is InChI=1S/C18H22N4O4S/c1-13-5-4-6-17(11-13)27(23,24)26-16-10-14(2)9-15(12-16)25-8-7-22(21-3)18(19)20/h4-6,9-12H,3,7-8H2,1-2H3,(H3,19,20). The lowest BCUT2D eigenvalue weighted by atomic mass is 10.2. The number of nitrogens with two attached hydrogens (primary N) is 1. The Morgan fingerprint density at radius 1 is 1.19 bits per heavy atom. The first-order valence-electron chi connectivity index (χ1n) is 8.05. The number of hydrazone groups is 1. The molecule has 0 aromatic heterocycles. The molecule has 0 heterocycles. The Bertz CT molecular complexity index is 944. The van der Waals surface area contributed by atoms with Crippen LogP contribution in [0.4, 0.5) is 0 Å². The number of hydrogen-bond donors (Lipinski definition) is 2. The van der Waals surface area contributed by atoms with Gasteiger partial charge in [-0.25, -0.2) is 5.01 Å². The maximum absolute atomic E-state index is 12.5. The summed E-state index contributed by atoms with van der Waals surface area (Å²) in [6.07, 6.45) is 0. The third-order valence-electron chi connectivity index (χ3n) is 3.53. The monoisotopic (exact) mass is 390 g/mol. The number of ether oxygens (including phenoxy) is 1. The molecular weight excluding hydrogens is 368 g/mol. The van der Waals surface area contributed by atoms with E-state index in [1.165, 1.54) is 17.1 Å². The second-order valence-electron chi connectivity index (χ2n) is 5.83. The smallest absolute Gasteiger partial charge is 0.339 e. The molecule has 2 rings (SSSR count). The minimum atomic E-state index is -3.95. The van der Waals surface area contributed by atoms with Crippen LogP contribution >= 0.6 is 0 Å². The molecule has 3 N–H and O–H groups in total. The third-order valence-corrected chi connectivity index (χ3v) is 4.77. The van der Waals surface area contributed by atoms with Crippen LogP contribution in [0, 0.1) is 19.3 Å². The zero-order valence-corrected chi connectivity index (χ0v) is 16.0. The summed E-state index contributed by atoms with van der Waals surface area (Å²) in [6, 6.07) is 11.3. The maximum Gasteiger partial charge on any atom is 0.339 e. The van der Waals surface area contributed by atoms with Gasteiger partial charge in [0.25, 0.3) is 0 Å². The van der Waals surface area contributed by atoms with Crippen molar-refractivity contribution in [2.45, 2.75) is 18.7 Å². The first kappa shape index (κ1) is 20.2. The van der Waals surface area contributed by atoms with Gasteiger partial charge in [-0.15, -0.1) is 0 Å². The van der Waals surface area contributed by atoms with E-state index in [2.05, 4.69) is 11.8 Å². The van der Waals surface area contributed by atoms with Gasteiger partial charge in [0.1, 0.15) is 23.0 Å². The maximum atomic E-state index is 12.5. The van der Waals surface area contributed by atoms with E-state index in [0.29, 0.717) is 5.75 Å². The average Bonchev–Trinajstić information content (AvgIpc) is 2.57. The molecule has 0 aliphatic carbocycles. The van der Waals surface area contributed by atoms with Crippen LogP contribution in [0.5, 0.6) is 11.5 Å². The lowest BCUT2D eigenvalue weighted by Gasteiger charge is -2.16. The van der Waals surface area contributed by atoms with E-state index >= 15 is 0 Å². The van der Waals surface area contributed by atoms with Gasteiger partial charge in [-0.05, 0) is 49.2 Å². The van der Waals surface area contributed by atoms with Gasteiger partial charge in [0.05, 0.1) is 6.54 Å². The molecule has 0 saturated carbocycles. The zero-order valence-electron chi connectivity index (χ0n) is 15.2. The molecule has 0 bridgehead atoms. The molecule has 0 radical (unpaired) electrons. The second-order valence-corrected chi connectivity index (χ2v) is 7.38. The highest BCUT2D eigenvalue weighted by atomic mass is 32.2. The van der Waals surface area contributed by atoms with Crippen LogP contribution in [0.3, 0.4) is 0 Å². The van der Waals surface area contributed by atoms with Gasteiger partial charge < -0.3 is 14.7 Å². The Morgan fingerprint density at radius 3 is 2.52 bits per heavy atom. The molecule has 2 aromatic carbocycles. The summed E-state index contributed by atoms with van der Waals surface area (Å²) in [5, 5.41) is 12.1. The van der Waals surface area contributed by atoms with Crippen LogP contribution in [0.25, 0.3) is 0 Å². The SMILES string of the molecule is C=NN(CCOc1cc(C)cc(OS(=O)(=O)c2cccc(C)c2)c1)C(=N)N. The van der Waals surface area contributed by atoms with Gasteiger partial charge >= 0.3 is 10.1 Å². The van der Waals surface area contributed by atoms with Gasteiger partial charge in [0.2, 0.25) is 5.96 Å². The van der Waals surface area contributed by atoms with Crippen LogP contribution in [0.2, 0.25) is 0 Å². The van der Waals surface area contributed by atoms with E-state index in [9.17, 15) is 8.42 Å². The molecule has 0 fully saturated rings. The van der Waals surface area contributed by atoms with E-state index in [-0.39, 0.29) is 29.8 Å². The van der Waals surface area contributed by atoms with Crippen molar-refractivity contribution >= 4 is 22.8 Å². The van der Waals surface area contributed by atoms with E-state index in [0.717, 1.165) is 11.1 Å². The minimum Gasteiger partial charge on any atom is -0.492 e. The minimum absolute atomic E-state index is 0.0839. The zero-order chi connectivity index (χ0) is 20.0. The van der Waals surface area contributed by atoms with E-state index in [1.54, 1.807) is 44.2 Å². The van der Waals surface area contributed by atoms with Crippen LogP contribution in [0.1, 0.15) is 11.1 Å². The number of guanidine groups is 1. The molecule has 27 heavy (non-hydrogen) atoms. The predicted molar refractivity (Wildman–Crippen MR) is 104 cm³/mol. The average molecular weight is 390 g/mol. The van der Waals surface area contributed by atoms with Gasteiger partial charge in [-0.2, -0.15) is 13.5 Å². The number of rotatable bonds is 8. The number of hydrogen-bond acceptors (Lipinski definition) is 6. The fourth-order valence-electron chi connectivity index (χ4n) is 2.31. The molecule has 0 aliphatic rings. The van der Waals surface area contributed by atoms with Crippen molar-refractivity contribution in [3.63, 3.8) is 0 Å². The van der Waals surface area contributed by atoms with E-state index < -0.39 is 10.1 Å². The first-order chi connectivity index (χ1) is 12.7. The summed E-state index contributed by atoms with van der Waals surface area (Å²) in [7, 11) is -3.95. The third kappa shape index (κ3) is 5.71. The molecule has 0 atom stereocenters. The summed E-state index contributed by atoms with van der Waals surface area (Å²) in [5.74, 6) is 0.333. The molecule has 0 saturated heterocycles. The van der Waals surface area contributed by atoms with Gasteiger partial charge in [-0.1, -0.05) is 12.1 Å². The molecule has 0 spiro atoms. The predicted octanol–water partition coefficient (Wildman–Crippen LogP) is 2.26. The van der Waals surface area contributed by atoms with Crippen molar-refractivity contribution in [3.8, 4) is 11.5 Å². The highest BCUT2D eigenvalue weighted by Crippen LogP contribution is 2.26. The van der Waals surface area contributed by atoms with Gasteiger partial charge in [0, 0.05) is 12.8 Å². The molecule has 0 aliphatic heterocycles. The van der Waals surface area contributed by atoms with Crippen LogP contribution in [-0.4, -0.2) is 39.3 Å². The molecule has 8 nitrogen and oxygen atoms in total. The van der Waals surface area contributed by atoms with Crippen molar-refractivity contribution in [2.24, 2.45) is 10.8 Å². The quantitative estimate of drug-likeness (QED) is 0.309. The lowest BCUT2D eigenvalue weighted by molar-refractivity contribution is 0.271. The summed E-state index contributed by atoms with van der Waals surface area (Å²) in [4.78, 5) is 0.0839. The van der Waals surface area contributed by atoms with Crippen molar-refractivity contribution < 1.29 is 17.3 Å². The van der Waals surface area contributed by atoms with Crippen molar-refractivity contribution in [1.82, 2.24) is 5.01 Å². The summed E-state index contributed by atoms with van der Waals surface area (Å²) < 4.78 is 35.8. The molecule has 2 aromatic rings. The number of benzene rings is 2. The largest absolute Gasteiger partial charge is 0.492 e. The molecular formula is C18H22N4O4S. The molecule has 9 heteroatoms. The van der Waals surface area contributed by atoms with Crippen molar-refractivity contribution in [1.29, 1.82) is 5.41 Å². The first-order valence-corrected chi connectivity index (χ1v) is 9.46. The lowest BCUT2D eigenvalue weighted by Crippen LogP contribution is -2.34. The van der Waals surface area contributed by atoms with Crippen molar-refractivity contribution in [2.75, 3.05) is 13.2 Å². The molecule has 144 valence electrons. The highest BCUT2D eigenvalue weighted by molar-refractivity contribution is 7.87. The Morgan fingerprint density at radius 2 is 1.89 bits per heavy atom. The molecule has 0 amide bonds. The van der Waals surface area contributed by atoms with Crippen LogP contribution < -0.4 is 14.7 Å².